The Balaban J connectivity index is 3.44. The second-order valence-corrected chi connectivity index (χ2v) is 22.8. The van der Waals surface area contributed by atoms with E-state index in [4.69, 9.17) is 4.74 Å². The van der Waals surface area contributed by atoms with Crippen LogP contribution in [0.25, 0.3) is 0 Å². The number of carbonyl (C=O) groups is 2. The van der Waals surface area contributed by atoms with E-state index in [0.29, 0.717) is 19.4 Å². The van der Waals surface area contributed by atoms with Crippen molar-refractivity contribution in [2.45, 2.75) is 360 Å². The molecule has 0 saturated heterocycles. The van der Waals surface area contributed by atoms with Crippen molar-refractivity contribution in [3.8, 4) is 0 Å². The van der Waals surface area contributed by atoms with Crippen molar-refractivity contribution in [1.29, 1.82) is 0 Å². The maximum absolute atomic E-state index is 12.5. The molecule has 2 atom stereocenters. The van der Waals surface area contributed by atoms with E-state index in [1.54, 1.807) is 6.08 Å². The predicted octanol–water partition coefficient (Wildman–Crippen LogP) is 21.5. The van der Waals surface area contributed by atoms with Crippen LogP contribution < -0.4 is 5.32 Å². The van der Waals surface area contributed by atoms with Crippen LogP contribution in [0.2, 0.25) is 0 Å². The summed E-state index contributed by atoms with van der Waals surface area (Å²) in [5.74, 6) is -0.0712. The standard InChI is InChI=1S/C70H129NO5/c1-3-5-7-9-11-13-15-17-19-35-38-42-46-50-54-58-62-68(73)67(66-72)71-69(74)63-59-55-51-47-43-39-36-33-31-29-27-25-23-21-20-22-24-26-28-30-32-34-37-41-45-49-53-57-61-65-76-70(75)64-60-56-52-48-44-40-18-16-14-12-10-8-6-4-2/h10,12,16,18,20,22,26,28,58,62,67-68,72-73H,3-9,11,13-15,17,19,21,23-25,27,29-57,59-61,63-66H2,1-2H3,(H,71,74)/b12-10-,18-16-,22-20-,28-26-,62-58+. The number of carbonyl (C=O) groups excluding carboxylic acids is 2. The third-order valence-corrected chi connectivity index (χ3v) is 15.3. The number of amides is 1. The molecule has 0 spiro atoms. The molecule has 6 nitrogen and oxygen atoms in total. The van der Waals surface area contributed by atoms with E-state index < -0.39 is 12.1 Å². The number of esters is 1. The van der Waals surface area contributed by atoms with Gasteiger partial charge in [-0.3, -0.25) is 9.59 Å². The van der Waals surface area contributed by atoms with Crippen molar-refractivity contribution < 1.29 is 24.5 Å². The van der Waals surface area contributed by atoms with E-state index in [-0.39, 0.29) is 18.5 Å². The molecule has 76 heavy (non-hydrogen) atoms. The number of aliphatic hydroxyl groups is 2. The lowest BCUT2D eigenvalue weighted by atomic mass is 10.0. The van der Waals surface area contributed by atoms with Gasteiger partial charge < -0.3 is 20.3 Å². The van der Waals surface area contributed by atoms with Crippen LogP contribution in [0.15, 0.2) is 60.8 Å². The van der Waals surface area contributed by atoms with Crippen LogP contribution >= 0.6 is 0 Å². The zero-order chi connectivity index (χ0) is 55.0. The highest BCUT2D eigenvalue weighted by atomic mass is 16.5. The second kappa shape index (κ2) is 65.1. The molecular formula is C70H129NO5. The number of rotatable bonds is 62. The maximum atomic E-state index is 12.5. The van der Waals surface area contributed by atoms with Crippen LogP contribution in [0.5, 0.6) is 0 Å². The molecule has 444 valence electrons. The first-order valence-electron chi connectivity index (χ1n) is 33.6. The van der Waals surface area contributed by atoms with E-state index in [1.165, 1.54) is 263 Å². The molecular weight excluding hydrogens is 935 g/mol. The summed E-state index contributed by atoms with van der Waals surface area (Å²) in [4.78, 5) is 24.5. The molecule has 0 aromatic rings. The van der Waals surface area contributed by atoms with Gasteiger partial charge in [0, 0.05) is 12.8 Å². The molecule has 0 aromatic heterocycles. The van der Waals surface area contributed by atoms with Gasteiger partial charge in [-0.05, 0) is 89.9 Å². The molecule has 0 heterocycles. The molecule has 0 saturated carbocycles. The van der Waals surface area contributed by atoms with E-state index in [0.717, 1.165) is 57.8 Å². The van der Waals surface area contributed by atoms with Crippen molar-refractivity contribution in [3.63, 3.8) is 0 Å². The summed E-state index contributed by atoms with van der Waals surface area (Å²) in [6.07, 6.45) is 85.7. The molecule has 1 amide bonds. The first kappa shape index (κ1) is 73.6. The van der Waals surface area contributed by atoms with Crippen LogP contribution in [0, 0.1) is 0 Å². The summed E-state index contributed by atoms with van der Waals surface area (Å²) < 4.78 is 5.47. The highest BCUT2D eigenvalue weighted by Gasteiger charge is 2.18. The fourth-order valence-electron chi connectivity index (χ4n) is 10.1. The minimum atomic E-state index is -0.846. The molecule has 0 bridgehead atoms. The third kappa shape index (κ3) is 60.8. The second-order valence-electron chi connectivity index (χ2n) is 22.8. The molecule has 0 fully saturated rings. The first-order chi connectivity index (χ1) is 37.5. The van der Waals surface area contributed by atoms with Gasteiger partial charge in [0.15, 0.2) is 0 Å². The van der Waals surface area contributed by atoms with E-state index >= 15 is 0 Å². The Morgan fingerprint density at radius 3 is 1.04 bits per heavy atom. The van der Waals surface area contributed by atoms with Crippen LogP contribution in [0.4, 0.5) is 0 Å². The fraction of sp³-hybridized carbons (Fsp3) is 0.829. The van der Waals surface area contributed by atoms with Gasteiger partial charge in [0.05, 0.1) is 25.4 Å². The van der Waals surface area contributed by atoms with Gasteiger partial charge in [-0.2, -0.15) is 0 Å². The van der Waals surface area contributed by atoms with Crippen molar-refractivity contribution in [1.82, 2.24) is 5.32 Å². The summed E-state index contributed by atoms with van der Waals surface area (Å²) in [7, 11) is 0. The van der Waals surface area contributed by atoms with Gasteiger partial charge in [-0.25, -0.2) is 0 Å². The lowest BCUT2D eigenvalue weighted by Crippen LogP contribution is -2.45. The quantitative estimate of drug-likeness (QED) is 0.0320. The summed E-state index contributed by atoms with van der Waals surface area (Å²) in [5, 5.41) is 23.2. The Morgan fingerprint density at radius 2 is 0.671 bits per heavy atom. The SMILES string of the molecule is CCCC/C=C\C/C=C\CCCCCCCC(=O)OCCCCCCCCCCC/C=C\C/C=C\CCCCCCCCCCCCCCCC(=O)NC(CO)C(O)/C=C/CCCCCCCCCCCCCCCC. The molecule has 0 aliphatic rings. The number of hydrogen-bond donors (Lipinski definition) is 3. The number of aliphatic hydroxyl groups excluding tert-OH is 2. The predicted molar refractivity (Wildman–Crippen MR) is 333 cm³/mol. The molecule has 0 radical (unpaired) electrons. The number of nitrogens with one attached hydrogen (secondary N) is 1. The van der Waals surface area contributed by atoms with Crippen molar-refractivity contribution >= 4 is 11.9 Å². The summed E-state index contributed by atoms with van der Waals surface area (Å²) >= 11 is 0. The van der Waals surface area contributed by atoms with Gasteiger partial charge in [0.1, 0.15) is 0 Å². The van der Waals surface area contributed by atoms with Crippen molar-refractivity contribution in [3.05, 3.63) is 60.8 Å². The minimum Gasteiger partial charge on any atom is -0.466 e. The highest BCUT2D eigenvalue weighted by Crippen LogP contribution is 2.17. The third-order valence-electron chi connectivity index (χ3n) is 15.3. The summed E-state index contributed by atoms with van der Waals surface area (Å²) in [5.41, 5.74) is 0. The molecule has 3 N–H and O–H groups in total. The topological polar surface area (TPSA) is 95.9 Å². The lowest BCUT2D eigenvalue weighted by molar-refractivity contribution is -0.143. The van der Waals surface area contributed by atoms with Crippen LogP contribution in [0.1, 0.15) is 348 Å². The van der Waals surface area contributed by atoms with Crippen LogP contribution in [-0.4, -0.2) is 47.4 Å². The van der Waals surface area contributed by atoms with E-state index in [2.05, 4.69) is 67.8 Å². The molecule has 0 rings (SSSR count). The van der Waals surface area contributed by atoms with E-state index in [1.807, 2.05) is 6.08 Å². The van der Waals surface area contributed by atoms with Gasteiger partial charge in [0.2, 0.25) is 5.91 Å². The number of hydrogen-bond acceptors (Lipinski definition) is 5. The average Bonchev–Trinajstić information content (AvgIpc) is 3.42. The monoisotopic (exact) mass is 1060 g/mol. The molecule has 0 aliphatic carbocycles. The fourth-order valence-corrected chi connectivity index (χ4v) is 10.1. The van der Waals surface area contributed by atoms with Crippen molar-refractivity contribution in [2.75, 3.05) is 13.2 Å². The molecule has 6 heteroatoms. The number of unbranched alkanes of at least 4 members (excludes halogenated alkanes) is 43. The van der Waals surface area contributed by atoms with Gasteiger partial charge in [-0.15, -0.1) is 0 Å². The first-order valence-corrected chi connectivity index (χ1v) is 33.6. The largest absolute Gasteiger partial charge is 0.466 e. The summed E-state index contributed by atoms with van der Waals surface area (Å²) in [6, 6.07) is -0.630. The van der Waals surface area contributed by atoms with Crippen LogP contribution in [0.3, 0.4) is 0 Å². The minimum absolute atomic E-state index is 0.00338. The Kier molecular flexibility index (Phi) is 63.0. The molecule has 0 aliphatic heterocycles. The molecule has 0 aromatic carbocycles. The Morgan fingerprint density at radius 1 is 0.368 bits per heavy atom. The van der Waals surface area contributed by atoms with Gasteiger partial charge >= 0.3 is 5.97 Å². The Hall–Kier alpha value is -2.44. The zero-order valence-electron chi connectivity index (χ0n) is 50.7. The summed E-state index contributed by atoms with van der Waals surface area (Å²) in [6.45, 7) is 4.87. The Bertz CT molecular complexity index is 1320. The average molecular weight is 1060 g/mol. The Labute approximate surface area is 473 Å². The lowest BCUT2D eigenvalue weighted by Gasteiger charge is -2.20. The van der Waals surface area contributed by atoms with E-state index in [9.17, 15) is 19.8 Å². The maximum Gasteiger partial charge on any atom is 0.305 e. The van der Waals surface area contributed by atoms with Gasteiger partial charge in [-0.1, -0.05) is 306 Å². The van der Waals surface area contributed by atoms with Crippen LogP contribution in [-0.2, 0) is 14.3 Å². The van der Waals surface area contributed by atoms with Crippen molar-refractivity contribution in [2.24, 2.45) is 0 Å². The molecule has 2 unspecified atom stereocenters. The zero-order valence-corrected chi connectivity index (χ0v) is 50.7. The smallest absolute Gasteiger partial charge is 0.305 e. The van der Waals surface area contributed by atoms with Gasteiger partial charge in [0.25, 0.3) is 0 Å². The number of ether oxygens (including phenoxy) is 1. The number of allylic oxidation sites excluding steroid dienone is 9. The normalized spacial score (nSPS) is 12.9. The highest BCUT2D eigenvalue weighted by molar-refractivity contribution is 5.76.